The van der Waals surface area contributed by atoms with Crippen LogP contribution in [0, 0.1) is 0 Å². The second kappa shape index (κ2) is 7.18. The van der Waals surface area contributed by atoms with Crippen LogP contribution in [0.5, 0.6) is 11.6 Å². The van der Waals surface area contributed by atoms with Crippen molar-refractivity contribution in [2.75, 3.05) is 13.1 Å². The van der Waals surface area contributed by atoms with Crippen LogP contribution in [-0.2, 0) is 6.61 Å². The topological polar surface area (TPSA) is 77.7 Å². The average molecular weight is 375 g/mol. The number of hydrogen-bond acceptors (Lipinski definition) is 6. The van der Waals surface area contributed by atoms with Gasteiger partial charge in [-0.1, -0.05) is 0 Å². The summed E-state index contributed by atoms with van der Waals surface area (Å²) in [5.41, 5.74) is -0.000172. The maximum absolute atomic E-state index is 13.2. The third kappa shape index (κ3) is 4.61. The van der Waals surface area contributed by atoms with Crippen molar-refractivity contribution in [1.29, 1.82) is 0 Å². The molecule has 1 fully saturated rings. The number of likely N-dealkylation sites (tertiary alicyclic amines) is 1. The van der Waals surface area contributed by atoms with E-state index in [1.807, 2.05) is 0 Å². The molecule has 0 saturated carbocycles. The van der Waals surface area contributed by atoms with Gasteiger partial charge in [-0.25, -0.2) is 14.4 Å². The van der Waals surface area contributed by atoms with E-state index < -0.39 is 24.2 Å². The molecule has 1 aliphatic heterocycles. The second-order valence-electron chi connectivity index (χ2n) is 5.43. The molecule has 2 aromatic heterocycles. The Morgan fingerprint density at radius 2 is 2.23 bits per heavy atom. The molecule has 1 atom stereocenters. The van der Waals surface area contributed by atoms with Crippen molar-refractivity contribution < 1.29 is 36.2 Å². The van der Waals surface area contributed by atoms with Gasteiger partial charge in [0.25, 0.3) is 5.91 Å². The Morgan fingerprint density at radius 3 is 2.92 bits per heavy atom. The minimum Gasteiger partial charge on any atom is -0.468 e. The number of amides is 1. The first-order chi connectivity index (χ1) is 12.3. The molecule has 7 nitrogen and oxygen atoms in total. The maximum atomic E-state index is 13.2. The molecule has 1 saturated heterocycles. The van der Waals surface area contributed by atoms with E-state index >= 15 is 0 Å². The molecule has 2 aromatic rings. The third-order valence-corrected chi connectivity index (χ3v) is 3.47. The van der Waals surface area contributed by atoms with E-state index in [0.717, 1.165) is 24.6 Å². The standard InChI is InChI=1S/C15H13F4N3O4/c16-9-2-4-22(6-9)14(23)11-7-24-13(21-11)8-25-12-5-10(1-3-20-12)26-15(17,18)19/h1,3,5,7,9H,2,4,6,8H2. The number of halogens is 4. The van der Waals surface area contributed by atoms with Crippen molar-refractivity contribution in [2.24, 2.45) is 0 Å². The molecule has 3 heterocycles. The molecule has 3 rings (SSSR count). The lowest BCUT2D eigenvalue weighted by atomic mass is 10.3. The zero-order valence-electron chi connectivity index (χ0n) is 13.2. The third-order valence-electron chi connectivity index (χ3n) is 3.47. The average Bonchev–Trinajstić information content (AvgIpc) is 3.20. The van der Waals surface area contributed by atoms with Crippen LogP contribution < -0.4 is 9.47 Å². The zero-order valence-corrected chi connectivity index (χ0v) is 13.2. The molecule has 1 unspecified atom stereocenters. The summed E-state index contributed by atoms with van der Waals surface area (Å²) < 4.78 is 63.7. The molecule has 0 radical (unpaired) electrons. The first-order valence-electron chi connectivity index (χ1n) is 7.52. The highest BCUT2D eigenvalue weighted by atomic mass is 19.4. The van der Waals surface area contributed by atoms with Crippen LogP contribution in [0.2, 0.25) is 0 Å². The Bertz CT molecular complexity index is 780. The predicted octanol–water partition coefficient (Wildman–Crippen LogP) is 2.73. The molecule has 0 bridgehead atoms. The Labute approximate surface area is 144 Å². The number of alkyl halides is 4. The van der Waals surface area contributed by atoms with Gasteiger partial charge in [-0.15, -0.1) is 13.2 Å². The Kier molecular flexibility index (Phi) is 4.96. The summed E-state index contributed by atoms with van der Waals surface area (Å²) in [5, 5.41) is 0. The van der Waals surface area contributed by atoms with E-state index in [4.69, 9.17) is 9.15 Å². The highest BCUT2D eigenvalue weighted by Crippen LogP contribution is 2.25. The van der Waals surface area contributed by atoms with Crippen molar-refractivity contribution in [3.8, 4) is 11.6 Å². The Hall–Kier alpha value is -2.85. The molecule has 0 N–H and O–H groups in total. The van der Waals surface area contributed by atoms with Crippen LogP contribution in [0.25, 0.3) is 0 Å². The number of nitrogens with zero attached hydrogens (tertiary/aromatic N) is 3. The van der Waals surface area contributed by atoms with Crippen LogP contribution in [0.15, 0.2) is 29.0 Å². The van der Waals surface area contributed by atoms with Gasteiger partial charge in [0.1, 0.15) is 18.2 Å². The number of oxazole rings is 1. The molecular weight excluding hydrogens is 362 g/mol. The summed E-state index contributed by atoms with van der Waals surface area (Å²) in [6.07, 6.45) is -3.40. The SMILES string of the molecule is O=C(c1coc(COc2cc(OC(F)(F)F)ccn2)n1)N1CCC(F)C1. The molecule has 26 heavy (non-hydrogen) atoms. The van der Waals surface area contributed by atoms with Crippen molar-refractivity contribution >= 4 is 5.91 Å². The van der Waals surface area contributed by atoms with E-state index in [1.54, 1.807) is 0 Å². The van der Waals surface area contributed by atoms with Crippen molar-refractivity contribution in [2.45, 2.75) is 25.6 Å². The van der Waals surface area contributed by atoms with Gasteiger partial charge in [-0.2, -0.15) is 0 Å². The van der Waals surface area contributed by atoms with Crippen molar-refractivity contribution in [1.82, 2.24) is 14.9 Å². The molecule has 1 amide bonds. The number of aromatic nitrogens is 2. The molecule has 0 aliphatic carbocycles. The van der Waals surface area contributed by atoms with E-state index in [2.05, 4.69) is 14.7 Å². The summed E-state index contributed by atoms with van der Waals surface area (Å²) in [6.45, 7) is 0.0452. The van der Waals surface area contributed by atoms with Gasteiger partial charge in [-0.05, 0) is 12.5 Å². The van der Waals surface area contributed by atoms with Gasteiger partial charge in [-0.3, -0.25) is 4.79 Å². The number of pyridine rings is 1. The normalized spacial score (nSPS) is 17.4. The highest BCUT2D eigenvalue weighted by Gasteiger charge is 2.31. The summed E-state index contributed by atoms with van der Waals surface area (Å²) in [7, 11) is 0. The van der Waals surface area contributed by atoms with Gasteiger partial charge in [0.05, 0.1) is 6.54 Å². The highest BCUT2D eigenvalue weighted by molar-refractivity contribution is 5.92. The monoisotopic (exact) mass is 375 g/mol. The van der Waals surface area contributed by atoms with Gasteiger partial charge in [0.2, 0.25) is 11.8 Å². The predicted molar refractivity (Wildman–Crippen MR) is 77.2 cm³/mol. The zero-order chi connectivity index (χ0) is 18.7. The fraction of sp³-hybridized carbons (Fsp3) is 0.400. The summed E-state index contributed by atoms with van der Waals surface area (Å²) in [5.74, 6) is -1.06. The number of carbonyl (C=O) groups is 1. The molecular formula is C15H13F4N3O4. The number of rotatable bonds is 5. The Morgan fingerprint density at radius 1 is 1.42 bits per heavy atom. The van der Waals surface area contributed by atoms with Gasteiger partial charge in [0.15, 0.2) is 12.3 Å². The largest absolute Gasteiger partial charge is 0.573 e. The Balaban J connectivity index is 1.58. The first-order valence-corrected chi connectivity index (χ1v) is 7.52. The summed E-state index contributed by atoms with van der Waals surface area (Å²) in [4.78, 5) is 21.1. The first kappa shape index (κ1) is 18.0. The minimum atomic E-state index is -4.83. The molecule has 0 spiro atoms. The van der Waals surface area contributed by atoms with Crippen LogP contribution in [0.4, 0.5) is 17.6 Å². The lowest BCUT2D eigenvalue weighted by Gasteiger charge is -2.12. The maximum Gasteiger partial charge on any atom is 0.573 e. The lowest BCUT2D eigenvalue weighted by molar-refractivity contribution is -0.274. The van der Waals surface area contributed by atoms with Gasteiger partial charge < -0.3 is 18.8 Å². The van der Waals surface area contributed by atoms with Crippen LogP contribution in [-0.4, -0.2) is 46.4 Å². The quantitative estimate of drug-likeness (QED) is 0.748. The summed E-state index contributed by atoms with van der Waals surface area (Å²) >= 11 is 0. The lowest BCUT2D eigenvalue weighted by Crippen LogP contribution is -2.29. The van der Waals surface area contributed by atoms with Crippen LogP contribution in [0.3, 0.4) is 0 Å². The van der Waals surface area contributed by atoms with E-state index in [1.165, 1.54) is 4.90 Å². The van der Waals surface area contributed by atoms with Crippen LogP contribution in [0.1, 0.15) is 22.8 Å². The van der Waals surface area contributed by atoms with E-state index in [-0.39, 0.29) is 37.0 Å². The minimum absolute atomic E-state index is 0.000172. The molecule has 0 aromatic carbocycles. The molecule has 1 aliphatic rings. The van der Waals surface area contributed by atoms with Crippen molar-refractivity contribution in [3.63, 3.8) is 0 Å². The fourth-order valence-corrected chi connectivity index (χ4v) is 2.34. The van der Waals surface area contributed by atoms with Gasteiger partial charge >= 0.3 is 6.36 Å². The number of hydrogen-bond donors (Lipinski definition) is 0. The number of carbonyl (C=O) groups excluding carboxylic acids is 1. The fourth-order valence-electron chi connectivity index (χ4n) is 2.34. The van der Waals surface area contributed by atoms with Crippen molar-refractivity contribution in [3.05, 3.63) is 36.2 Å². The smallest absolute Gasteiger partial charge is 0.468 e. The molecule has 140 valence electrons. The number of ether oxygens (including phenoxy) is 2. The van der Waals surface area contributed by atoms with Gasteiger partial charge in [0, 0.05) is 18.8 Å². The molecule has 11 heteroatoms. The second-order valence-corrected chi connectivity index (χ2v) is 5.43. The van der Waals surface area contributed by atoms with E-state index in [0.29, 0.717) is 6.54 Å². The van der Waals surface area contributed by atoms with Crippen LogP contribution >= 0.6 is 0 Å². The summed E-state index contributed by atoms with van der Waals surface area (Å²) in [6, 6.07) is 1.98. The van der Waals surface area contributed by atoms with E-state index in [9.17, 15) is 22.4 Å².